The predicted octanol–water partition coefficient (Wildman–Crippen LogP) is 3.03. The molecule has 0 unspecified atom stereocenters. The first-order chi connectivity index (χ1) is 9.45. The number of Topliss-reactive ketones (excluding diaryl/α,β-unsaturated/α-hetero) is 1. The molecule has 0 aliphatic rings. The van der Waals surface area contributed by atoms with Gasteiger partial charge >= 0.3 is 0 Å². The van der Waals surface area contributed by atoms with E-state index in [2.05, 4.69) is 30.5 Å². The quantitative estimate of drug-likeness (QED) is 0.441. The molecule has 0 fully saturated rings. The van der Waals surface area contributed by atoms with Crippen LogP contribution in [0.5, 0.6) is 0 Å². The van der Waals surface area contributed by atoms with Crippen LogP contribution < -0.4 is 0 Å². The van der Waals surface area contributed by atoms with E-state index in [-0.39, 0.29) is 5.78 Å². The third-order valence-electron chi connectivity index (χ3n) is 3.16. The van der Waals surface area contributed by atoms with E-state index in [0.29, 0.717) is 12.8 Å². The van der Waals surface area contributed by atoms with Gasteiger partial charge in [0, 0.05) is 6.42 Å². The lowest BCUT2D eigenvalue weighted by Crippen LogP contribution is -2.39. The van der Waals surface area contributed by atoms with Gasteiger partial charge in [-0.1, -0.05) is 63.4 Å². The highest BCUT2D eigenvalue weighted by molar-refractivity contribution is 6.69. The zero-order chi connectivity index (χ0) is 15.1. The molecule has 0 N–H and O–H groups in total. The van der Waals surface area contributed by atoms with Crippen LogP contribution in [-0.4, -0.2) is 33.8 Å². The average molecular weight is 307 g/mol. The summed E-state index contributed by atoms with van der Waals surface area (Å²) >= 11 is 0. The molecule has 0 amide bonds. The van der Waals surface area contributed by atoms with Crippen molar-refractivity contribution in [3.05, 3.63) is 35.9 Å². The second kappa shape index (κ2) is 8.16. The molecule has 1 rings (SSSR count). The summed E-state index contributed by atoms with van der Waals surface area (Å²) in [6, 6.07) is 10.1. The fourth-order valence-electron chi connectivity index (χ4n) is 2.10. The maximum absolute atomic E-state index is 11.8. The number of nitrogens with zero attached hydrogens (tertiary/aromatic N) is 2. The van der Waals surface area contributed by atoms with Gasteiger partial charge < -0.3 is 4.34 Å². The number of benzene rings is 1. The minimum atomic E-state index is -0.981. The summed E-state index contributed by atoms with van der Waals surface area (Å²) in [7, 11) is -1.96. The SMILES string of the molecule is CCC(=O)CC(=NN([SiH](C)C)[SiH](C)C)c1ccccc1. The van der Waals surface area contributed by atoms with E-state index >= 15 is 0 Å². The largest absolute Gasteiger partial charge is 0.355 e. The molecule has 0 bridgehead atoms. The molecule has 1 aromatic carbocycles. The lowest BCUT2D eigenvalue weighted by Gasteiger charge is -2.28. The van der Waals surface area contributed by atoms with Gasteiger partial charge in [-0.3, -0.25) is 4.79 Å². The number of rotatable bonds is 7. The van der Waals surface area contributed by atoms with Crippen molar-refractivity contribution < 1.29 is 4.79 Å². The summed E-state index contributed by atoms with van der Waals surface area (Å²) in [5, 5.41) is 4.89. The summed E-state index contributed by atoms with van der Waals surface area (Å²) in [5.41, 5.74) is 2.00. The number of carbonyl (C=O) groups is 1. The topological polar surface area (TPSA) is 32.7 Å². The number of hydrogen-bond acceptors (Lipinski definition) is 3. The van der Waals surface area contributed by atoms with Gasteiger partial charge in [0.15, 0.2) is 0 Å². The number of hydrazone groups is 1. The third kappa shape index (κ3) is 5.05. The normalized spacial score (nSPS) is 12.1. The van der Waals surface area contributed by atoms with Gasteiger partial charge in [-0.25, -0.2) is 0 Å². The highest BCUT2D eigenvalue weighted by Crippen LogP contribution is 2.10. The van der Waals surface area contributed by atoms with Crippen LogP contribution in [0, 0.1) is 0 Å². The average Bonchev–Trinajstić information content (AvgIpc) is 2.43. The van der Waals surface area contributed by atoms with Gasteiger partial charge in [0.25, 0.3) is 0 Å². The van der Waals surface area contributed by atoms with Crippen LogP contribution in [0.25, 0.3) is 0 Å². The summed E-state index contributed by atoms with van der Waals surface area (Å²) in [6.45, 7) is 11.1. The molecule has 0 radical (unpaired) electrons. The Bertz CT molecular complexity index is 450. The van der Waals surface area contributed by atoms with Gasteiger partial charge in [-0.2, -0.15) is 5.10 Å². The third-order valence-corrected chi connectivity index (χ3v) is 9.09. The fourth-order valence-corrected chi connectivity index (χ4v) is 7.61. The first-order valence-corrected chi connectivity index (χ1v) is 13.0. The van der Waals surface area contributed by atoms with Crippen LogP contribution in [0.3, 0.4) is 0 Å². The molecule has 1 aromatic rings. The Morgan fingerprint density at radius 3 is 2.10 bits per heavy atom. The van der Waals surface area contributed by atoms with Crippen LogP contribution in [0.15, 0.2) is 35.4 Å². The molecule has 0 aliphatic heterocycles. The lowest BCUT2D eigenvalue weighted by molar-refractivity contribution is -0.117. The molecule has 0 aromatic heterocycles. The van der Waals surface area contributed by atoms with Crippen molar-refractivity contribution >= 4 is 29.4 Å². The molecule has 0 aliphatic carbocycles. The van der Waals surface area contributed by atoms with Crippen molar-refractivity contribution in [2.45, 2.75) is 46.0 Å². The van der Waals surface area contributed by atoms with Crippen molar-refractivity contribution in [3.8, 4) is 0 Å². The molecular formula is C15H26N2OSi2. The van der Waals surface area contributed by atoms with Crippen molar-refractivity contribution in [2.24, 2.45) is 5.10 Å². The Kier molecular flexibility index (Phi) is 6.88. The standard InChI is InChI=1S/C15H26N2OSi2/c1-6-14(18)12-15(13-10-8-7-9-11-13)16-17(19(2)3)20(4)5/h7-11,19-20H,6,12H2,1-5H3. The van der Waals surface area contributed by atoms with Crippen LogP contribution in [-0.2, 0) is 4.79 Å². The van der Waals surface area contributed by atoms with Crippen LogP contribution >= 0.6 is 0 Å². The lowest BCUT2D eigenvalue weighted by atomic mass is 10.0. The van der Waals surface area contributed by atoms with Crippen molar-refractivity contribution in [1.82, 2.24) is 4.34 Å². The molecule has 0 saturated carbocycles. The summed E-state index contributed by atoms with van der Waals surface area (Å²) in [6.07, 6.45) is 1.02. The zero-order valence-corrected chi connectivity index (χ0v) is 15.6. The number of ketones is 1. The van der Waals surface area contributed by atoms with E-state index in [4.69, 9.17) is 5.10 Å². The summed E-state index contributed by atoms with van der Waals surface area (Å²) in [4.78, 5) is 11.8. The molecule has 3 nitrogen and oxygen atoms in total. The highest BCUT2D eigenvalue weighted by atomic mass is 28.3. The van der Waals surface area contributed by atoms with Gasteiger partial charge in [0.1, 0.15) is 23.7 Å². The van der Waals surface area contributed by atoms with Gasteiger partial charge in [-0.05, 0) is 5.56 Å². The molecule has 0 spiro atoms. The van der Waals surface area contributed by atoms with E-state index in [9.17, 15) is 4.79 Å². The van der Waals surface area contributed by atoms with Gasteiger partial charge in [-0.15, -0.1) is 0 Å². The number of hydrogen-bond donors (Lipinski definition) is 0. The van der Waals surface area contributed by atoms with E-state index in [1.54, 1.807) is 0 Å². The van der Waals surface area contributed by atoms with E-state index < -0.39 is 17.9 Å². The Balaban J connectivity index is 3.12. The maximum Gasteiger partial charge on any atom is 0.144 e. The second-order valence-corrected chi connectivity index (χ2v) is 11.6. The smallest absolute Gasteiger partial charge is 0.144 e. The van der Waals surface area contributed by atoms with Crippen LogP contribution in [0.1, 0.15) is 25.3 Å². The predicted molar refractivity (Wildman–Crippen MR) is 92.5 cm³/mol. The zero-order valence-electron chi connectivity index (χ0n) is 13.3. The molecule has 20 heavy (non-hydrogen) atoms. The Hall–Kier alpha value is -1.21. The molecular weight excluding hydrogens is 280 g/mol. The minimum Gasteiger partial charge on any atom is -0.355 e. The van der Waals surface area contributed by atoms with Gasteiger partial charge in [0.05, 0.1) is 12.1 Å². The Morgan fingerprint density at radius 1 is 1.10 bits per heavy atom. The monoisotopic (exact) mass is 306 g/mol. The minimum absolute atomic E-state index is 0.253. The van der Waals surface area contributed by atoms with E-state index in [0.717, 1.165) is 11.3 Å². The second-order valence-electron chi connectivity index (χ2n) is 5.55. The Morgan fingerprint density at radius 2 is 1.65 bits per heavy atom. The van der Waals surface area contributed by atoms with E-state index in [1.165, 1.54) is 0 Å². The van der Waals surface area contributed by atoms with E-state index in [1.807, 2.05) is 37.3 Å². The van der Waals surface area contributed by atoms with Crippen molar-refractivity contribution in [3.63, 3.8) is 0 Å². The van der Waals surface area contributed by atoms with Crippen molar-refractivity contribution in [2.75, 3.05) is 0 Å². The fraction of sp³-hybridized carbons (Fsp3) is 0.467. The number of carbonyl (C=O) groups excluding carboxylic acids is 1. The Labute approximate surface area is 126 Å². The summed E-state index contributed by atoms with van der Waals surface area (Å²) < 4.78 is 2.34. The highest BCUT2D eigenvalue weighted by Gasteiger charge is 2.16. The molecule has 110 valence electrons. The van der Waals surface area contributed by atoms with Gasteiger partial charge in [0.2, 0.25) is 0 Å². The molecule has 0 saturated heterocycles. The van der Waals surface area contributed by atoms with Crippen LogP contribution in [0.4, 0.5) is 0 Å². The molecule has 0 heterocycles. The first kappa shape index (κ1) is 16.8. The molecule has 0 atom stereocenters. The van der Waals surface area contributed by atoms with Crippen LogP contribution in [0.2, 0.25) is 26.2 Å². The maximum atomic E-state index is 11.8. The first-order valence-electron chi connectivity index (χ1n) is 7.38. The summed E-state index contributed by atoms with van der Waals surface area (Å²) in [5.74, 6) is 0.253. The van der Waals surface area contributed by atoms with Crippen molar-refractivity contribution in [1.29, 1.82) is 0 Å². The molecule has 5 heteroatoms.